The Morgan fingerprint density at radius 1 is 1.13 bits per heavy atom. The number of ether oxygens (including phenoxy) is 1. The number of halogens is 3. The van der Waals surface area contributed by atoms with Crippen molar-refractivity contribution in [1.82, 2.24) is 9.47 Å². The van der Waals surface area contributed by atoms with E-state index < -0.39 is 22.6 Å². The smallest absolute Gasteiger partial charge is 0.406 e. The van der Waals surface area contributed by atoms with E-state index in [9.17, 15) is 21.6 Å². The maximum atomic E-state index is 13.6. The molecule has 0 atom stereocenters. The molecule has 3 aromatic rings. The minimum absolute atomic E-state index is 0.113. The first kappa shape index (κ1) is 28.6. The van der Waals surface area contributed by atoms with Gasteiger partial charge in [0.05, 0.1) is 35.4 Å². The second-order valence-corrected chi connectivity index (χ2v) is 11.9. The highest BCUT2D eigenvalue weighted by Gasteiger charge is 2.31. The molecule has 2 heterocycles. The number of likely N-dealkylation sites (tertiary alicyclic amines) is 1. The number of nitrogens with one attached hydrogen (secondary N) is 2. The Morgan fingerprint density at radius 2 is 1.85 bits per heavy atom. The zero-order chi connectivity index (χ0) is 28.4. The molecule has 0 bridgehead atoms. The van der Waals surface area contributed by atoms with Crippen molar-refractivity contribution in [2.75, 3.05) is 50.7 Å². The van der Waals surface area contributed by atoms with Gasteiger partial charge < -0.3 is 24.8 Å². The predicted octanol–water partition coefficient (Wildman–Crippen LogP) is 4.89. The van der Waals surface area contributed by atoms with Gasteiger partial charge in [-0.1, -0.05) is 12.0 Å². The molecule has 0 amide bonds. The third kappa shape index (κ3) is 6.81. The number of aryl methyl sites for hydroxylation is 1. The first-order chi connectivity index (χ1) is 18.4. The van der Waals surface area contributed by atoms with Gasteiger partial charge in [-0.15, -0.1) is 0 Å². The topological polar surface area (TPSA) is 75.6 Å². The number of nitrogens with zero attached hydrogens (tertiary/aromatic N) is 2. The third-order valence-electron chi connectivity index (χ3n) is 6.92. The molecule has 1 fully saturated rings. The predicted molar refractivity (Wildman–Crippen MR) is 148 cm³/mol. The molecule has 11 heteroatoms. The summed E-state index contributed by atoms with van der Waals surface area (Å²) in [5.74, 6) is 6.21. The fraction of sp³-hybridized carbons (Fsp3) is 0.429. The van der Waals surface area contributed by atoms with Gasteiger partial charge in [0.1, 0.15) is 12.3 Å². The molecule has 0 radical (unpaired) electrons. The van der Waals surface area contributed by atoms with Gasteiger partial charge >= 0.3 is 6.18 Å². The van der Waals surface area contributed by atoms with Crippen LogP contribution >= 0.6 is 0 Å². The number of benzene rings is 2. The summed E-state index contributed by atoms with van der Waals surface area (Å²) in [6.07, 6.45) is -1.39. The summed E-state index contributed by atoms with van der Waals surface area (Å²) < 4.78 is 71.0. The summed E-state index contributed by atoms with van der Waals surface area (Å²) in [6.45, 7) is 2.70. The van der Waals surface area contributed by atoms with E-state index in [0.29, 0.717) is 28.2 Å². The molecule has 1 saturated heterocycles. The van der Waals surface area contributed by atoms with Crippen LogP contribution in [-0.2, 0) is 16.4 Å². The van der Waals surface area contributed by atoms with Crippen molar-refractivity contribution in [2.24, 2.45) is 0 Å². The van der Waals surface area contributed by atoms with Crippen molar-refractivity contribution in [3.8, 4) is 17.6 Å². The van der Waals surface area contributed by atoms with Gasteiger partial charge in [-0.3, -0.25) is 0 Å². The summed E-state index contributed by atoms with van der Waals surface area (Å²) in [4.78, 5) is 2.38. The Morgan fingerprint density at radius 3 is 2.49 bits per heavy atom. The first-order valence-corrected chi connectivity index (χ1v) is 14.5. The number of hydrogen-bond acceptors (Lipinski definition) is 6. The van der Waals surface area contributed by atoms with E-state index in [1.54, 1.807) is 25.1 Å². The van der Waals surface area contributed by atoms with Gasteiger partial charge in [-0.05, 0) is 75.7 Å². The molecule has 210 valence electrons. The number of alkyl halides is 3. The van der Waals surface area contributed by atoms with Crippen LogP contribution in [0, 0.1) is 18.8 Å². The van der Waals surface area contributed by atoms with Gasteiger partial charge in [-0.25, -0.2) is 8.42 Å². The van der Waals surface area contributed by atoms with Crippen molar-refractivity contribution in [2.45, 2.75) is 43.4 Å². The van der Waals surface area contributed by atoms with Crippen LogP contribution < -0.4 is 15.4 Å². The van der Waals surface area contributed by atoms with E-state index in [4.69, 9.17) is 4.74 Å². The number of rotatable bonds is 7. The van der Waals surface area contributed by atoms with Gasteiger partial charge in [0.2, 0.25) is 0 Å². The van der Waals surface area contributed by atoms with Crippen LogP contribution in [0.15, 0.2) is 41.3 Å². The molecule has 39 heavy (non-hydrogen) atoms. The lowest BCUT2D eigenvalue weighted by Crippen LogP contribution is -2.36. The Balaban J connectivity index is 1.64. The van der Waals surface area contributed by atoms with Crippen molar-refractivity contribution in [3.63, 3.8) is 0 Å². The van der Waals surface area contributed by atoms with E-state index in [1.807, 2.05) is 6.07 Å². The molecule has 1 aliphatic rings. The lowest BCUT2D eigenvalue weighted by Gasteiger charge is -2.30. The van der Waals surface area contributed by atoms with Crippen LogP contribution in [0.25, 0.3) is 10.9 Å². The van der Waals surface area contributed by atoms with Crippen molar-refractivity contribution >= 4 is 32.1 Å². The van der Waals surface area contributed by atoms with Crippen LogP contribution in [0.3, 0.4) is 0 Å². The molecule has 0 spiro atoms. The molecular formula is C28H33F3N4O3S. The second kappa shape index (κ2) is 11.4. The van der Waals surface area contributed by atoms with E-state index in [-0.39, 0.29) is 17.5 Å². The van der Waals surface area contributed by atoms with Crippen LogP contribution in [0.5, 0.6) is 5.75 Å². The SMILES string of the molecule is COc1cc(S(C)(=O)=O)ccc1NCC#Cc1c(C)c2c(NC3CCN(C)CC3)cccc2n1CC(F)(F)F. The highest BCUT2D eigenvalue weighted by Crippen LogP contribution is 2.35. The average molecular weight is 563 g/mol. The Labute approximate surface area is 227 Å². The number of piperidine rings is 1. The maximum Gasteiger partial charge on any atom is 0.406 e. The molecule has 0 saturated carbocycles. The lowest BCUT2D eigenvalue weighted by molar-refractivity contribution is -0.140. The number of aromatic nitrogens is 1. The van der Waals surface area contributed by atoms with Crippen molar-refractivity contribution in [1.29, 1.82) is 0 Å². The number of anilines is 2. The highest BCUT2D eigenvalue weighted by atomic mass is 32.2. The molecule has 1 aliphatic heterocycles. The zero-order valence-electron chi connectivity index (χ0n) is 22.4. The molecule has 2 aromatic carbocycles. The zero-order valence-corrected chi connectivity index (χ0v) is 23.3. The van der Waals surface area contributed by atoms with Crippen molar-refractivity contribution in [3.05, 3.63) is 47.7 Å². The fourth-order valence-electron chi connectivity index (χ4n) is 4.91. The second-order valence-electron chi connectivity index (χ2n) is 9.89. The van der Waals surface area contributed by atoms with Gasteiger partial charge in [-0.2, -0.15) is 13.2 Å². The van der Waals surface area contributed by atoms with Crippen molar-refractivity contribution < 1.29 is 26.3 Å². The molecular weight excluding hydrogens is 529 g/mol. The highest BCUT2D eigenvalue weighted by molar-refractivity contribution is 7.90. The Kier molecular flexibility index (Phi) is 8.37. The number of fused-ring (bicyclic) bond motifs is 1. The van der Waals surface area contributed by atoms with E-state index in [2.05, 4.69) is 34.4 Å². The summed E-state index contributed by atoms with van der Waals surface area (Å²) >= 11 is 0. The van der Waals surface area contributed by atoms with E-state index in [1.165, 1.54) is 23.8 Å². The normalized spacial score (nSPS) is 15.2. The van der Waals surface area contributed by atoms with Gasteiger partial charge in [0.15, 0.2) is 9.84 Å². The number of hydrogen-bond donors (Lipinski definition) is 2. The molecule has 1 aromatic heterocycles. The monoisotopic (exact) mass is 562 g/mol. The summed E-state index contributed by atoms with van der Waals surface area (Å²) in [6, 6.07) is 10.1. The molecule has 4 rings (SSSR count). The molecule has 0 aliphatic carbocycles. The van der Waals surface area contributed by atoms with Crippen LogP contribution in [0.2, 0.25) is 0 Å². The maximum absolute atomic E-state index is 13.6. The largest absolute Gasteiger partial charge is 0.495 e. The third-order valence-corrected chi connectivity index (χ3v) is 8.03. The Bertz CT molecular complexity index is 1510. The first-order valence-electron chi connectivity index (χ1n) is 12.6. The van der Waals surface area contributed by atoms with Crippen LogP contribution in [0.1, 0.15) is 24.1 Å². The molecule has 7 nitrogen and oxygen atoms in total. The summed E-state index contributed by atoms with van der Waals surface area (Å²) in [5, 5.41) is 7.37. The minimum Gasteiger partial charge on any atom is -0.495 e. The standard InChI is InChI=1S/C28H33F3N4O3S/c1-19-24(9-6-14-32-22-11-10-21(39(4,36)37)17-26(22)38-3)35(18-28(29,30)31)25-8-5-7-23(27(19)25)33-20-12-15-34(2)16-13-20/h5,7-8,10-11,17,20,32-33H,12-16,18H2,1-4H3. The van der Waals surface area contributed by atoms with E-state index >= 15 is 0 Å². The minimum atomic E-state index is -4.42. The van der Waals surface area contributed by atoms with Crippen LogP contribution in [-0.4, -0.2) is 70.2 Å². The summed E-state index contributed by atoms with van der Waals surface area (Å²) in [7, 11) is 0.103. The average Bonchev–Trinajstić information content (AvgIpc) is 3.12. The molecule has 2 N–H and O–H groups in total. The van der Waals surface area contributed by atoms with Gasteiger partial charge in [0.25, 0.3) is 0 Å². The Hall–Kier alpha value is -3.36. The quantitative estimate of drug-likeness (QED) is 0.400. The van der Waals surface area contributed by atoms with E-state index in [0.717, 1.165) is 43.3 Å². The van der Waals surface area contributed by atoms with Crippen LogP contribution in [0.4, 0.5) is 24.5 Å². The summed E-state index contributed by atoms with van der Waals surface area (Å²) in [5.41, 5.74) is 2.82. The number of methoxy groups -OCH3 is 1. The van der Waals surface area contributed by atoms with Gasteiger partial charge in [0, 0.05) is 29.4 Å². The molecule has 0 unspecified atom stereocenters. The fourth-order valence-corrected chi connectivity index (χ4v) is 5.55. The number of sulfone groups is 1. The lowest BCUT2D eigenvalue weighted by atomic mass is 10.0.